The minimum Gasteiger partial charge on any atom is -0.353 e. The number of hydrogen-bond acceptors (Lipinski definition) is 4. The molecule has 0 aromatic carbocycles. The molecule has 2 heterocycles. The fraction of sp³-hybridized carbons (Fsp3) is 0.538. The van der Waals surface area contributed by atoms with E-state index in [1.807, 2.05) is 5.38 Å². The Hall–Kier alpha value is -0.870. The van der Waals surface area contributed by atoms with Crippen LogP contribution in [0, 0.1) is 5.92 Å². The quantitative estimate of drug-likeness (QED) is 0.787. The summed E-state index contributed by atoms with van der Waals surface area (Å²) in [5.74, 6) is 1.53. The van der Waals surface area contributed by atoms with Crippen LogP contribution in [0.2, 0.25) is 5.28 Å². The molecule has 2 rings (SSSR count). The van der Waals surface area contributed by atoms with Gasteiger partial charge in [0.25, 0.3) is 0 Å². The first-order chi connectivity index (χ1) is 8.49. The first-order valence-corrected chi connectivity index (χ1v) is 7.42. The average Bonchev–Trinajstić information content (AvgIpc) is 2.71. The predicted molar refractivity (Wildman–Crippen MR) is 79.7 cm³/mol. The van der Waals surface area contributed by atoms with Crippen molar-refractivity contribution in [2.75, 3.05) is 11.4 Å². The third kappa shape index (κ3) is 2.75. The summed E-state index contributed by atoms with van der Waals surface area (Å²) in [4.78, 5) is 12.0. The predicted octanol–water partition coefficient (Wildman–Crippen LogP) is 4.22. The lowest BCUT2D eigenvalue weighted by Gasteiger charge is -2.30. The van der Waals surface area contributed by atoms with Gasteiger partial charge < -0.3 is 4.90 Å². The van der Waals surface area contributed by atoms with Crippen molar-refractivity contribution in [3.05, 3.63) is 16.7 Å². The maximum absolute atomic E-state index is 6.02. The van der Waals surface area contributed by atoms with Gasteiger partial charge in [0.15, 0.2) is 0 Å². The molecular weight excluding hydrogens is 266 g/mol. The molecule has 0 aliphatic rings. The molecule has 0 radical (unpaired) electrons. The minimum atomic E-state index is 0.328. The first-order valence-electron chi connectivity index (χ1n) is 6.16. The van der Waals surface area contributed by atoms with E-state index in [-0.39, 0.29) is 0 Å². The molecular formula is C13H18ClN3S. The highest BCUT2D eigenvalue weighted by Gasteiger charge is 2.18. The number of hydrogen-bond donors (Lipinski definition) is 0. The van der Waals surface area contributed by atoms with Gasteiger partial charge in [-0.25, -0.2) is 4.98 Å². The molecule has 0 bridgehead atoms. The Kier molecular flexibility index (Phi) is 4.07. The van der Waals surface area contributed by atoms with Gasteiger partial charge in [0.2, 0.25) is 5.28 Å². The topological polar surface area (TPSA) is 29.0 Å². The van der Waals surface area contributed by atoms with Crippen LogP contribution in [0.4, 0.5) is 5.82 Å². The van der Waals surface area contributed by atoms with Crippen molar-refractivity contribution < 1.29 is 0 Å². The van der Waals surface area contributed by atoms with Gasteiger partial charge in [-0.15, -0.1) is 11.3 Å². The second kappa shape index (κ2) is 5.41. The van der Waals surface area contributed by atoms with Gasteiger partial charge in [-0.3, -0.25) is 0 Å². The van der Waals surface area contributed by atoms with E-state index in [2.05, 4.69) is 48.6 Å². The summed E-state index contributed by atoms with van der Waals surface area (Å²) in [6.07, 6.45) is 0. The molecule has 0 unspecified atom stereocenters. The van der Waals surface area contributed by atoms with Gasteiger partial charge in [0, 0.05) is 12.6 Å². The van der Waals surface area contributed by atoms with Crippen molar-refractivity contribution >= 4 is 39.0 Å². The Labute approximate surface area is 117 Å². The van der Waals surface area contributed by atoms with Crippen LogP contribution < -0.4 is 4.90 Å². The van der Waals surface area contributed by atoms with Crippen LogP contribution in [-0.2, 0) is 0 Å². The number of rotatable bonds is 4. The fourth-order valence-electron chi connectivity index (χ4n) is 1.97. The van der Waals surface area contributed by atoms with Crippen molar-refractivity contribution in [3.63, 3.8) is 0 Å². The van der Waals surface area contributed by atoms with E-state index in [1.54, 1.807) is 11.3 Å². The van der Waals surface area contributed by atoms with E-state index < -0.39 is 0 Å². The van der Waals surface area contributed by atoms with E-state index in [4.69, 9.17) is 11.6 Å². The highest BCUT2D eigenvalue weighted by atomic mass is 35.5. The standard InChI is InChI=1S/C13H18ClN3S/c1-8(2)7-17(9(3)4)11-10-5-6-18-12(10)16-13(14)15-11/h5-6,8-9H,7H2,1-4H3. The summed E-state index contributed by atoms with van der Waals surface area (Å²) in [6, 6.07) is 2.46. The second-order valence-electron chi connectivity index (χ2n) is 5.10. The van der Waals surface area contributed by atoms with Crippen LogP contribution in [0.1, 0.15) is 27.7 Å². The highest BCUT2D eigenvalue weighted by Crippen LogP contribution is 2.30. The van der Waals surface area contributed by atoms with Gasteiger partial charge >= 0.3 is 0 Å². The summed E-state index contributed by atoms with van der Waals surface area (Å²) >= 11 is 7.63. The van der Waals surface area contributed by atoms with Crippen LogP contribution in [0.5, 0.6) is 0 Å². The maximum Gasteiger partial charge on any atom is 0.225 e. The monoisotopic (exact) mass is 283 g/mol. The molecule has 5 heteroatoms. The number of anilines is 1. The summed E-state index contributed by atoms with van der Waals surface area (Å²) in [5, 5.41) is 3.46. The van der Waals surface area contributed by atoms with E-state index >= 15 is 0 Å². The molecule has 0 atom stereocenters. The number of halogens is 1. The lowest BCUT2D eigenvalue weighted by atomic mass is 10.1. The third-order valence-electron chi connectivity index (χ3n) is 2.73. The summed E-state index contributed by atoms with van der Waals surface area (Å²) < 4.78 is 0. The number of nitrogens with zero attached hydrogens (tertiary/aromatic N) is 3. The molecule has 0 fully saturated rings. The van der Waals surface area contributed by atoms with Gasteiger partial charge in [0.1, 0.15) is 10.6 Å². The summed E-state index contributed by atoms with van der Waals surface area (Å²) in [6.45, 7) is 9.75. The van der Waals surface area contributed by atoms with Crippen molar-refractivity contribution in [1.82, 2.24) is 9.97 Å². The zero-order valence-corrected chi connectivity index (χ0v) is 12.7. The molecule has 0 amide bonds. The normalized spacial score (nSPS) is 11.7. The van der Waals surface area contributed by atoms with E-state index in [1.165, 1.54) is 0 Å². The summed E-state index contributed by atoms with van der Waals surface area (Å²) in [5.41, 5.74) is 0. The smallest absolute Gasteiger partial charge is 0.225 e. The van der Waals surface area contributed by atoms with Crippen LogP contribution in [-0.4, -0.2) is 22.6 Å². The summed E-state index contributed by atoms with van der Waals surface area (Å²) in [7, 11) is 0. The molecule has 98 valence electrons. The fourth-order valence-corrected chi connectivity index (χ4v) is 2.94. The molecule has 0 aliphatic carbocycles. The largest absolute Gasteiger partial charge is 0.353 e. The average molecular weight is 284 g/mol. The van der Waals surface area contributed by atoms with Gasteiger partial charge in [-0.1, -0.05) is 13.8 Å². The van der Waals surface area contributed by atoms with E-state index in [9.17, 15) is 0 Å². The molecule has 18 heavy (non-hydrogen) atoms. The Morgan fingerprint density at radius 3 is 2.61 bits per heavy atom. The first kappa shape index (κ1) is 13.6. The molecule has 0 saturated carbocycles. The number of aromatic nitrogens is 2. The molecule has 2 aromatic heterocycles. The minimum absolute atomic E-state index is 0.328. The van der Waals surface area contributed by atoms with E-state index in [0.29, 0.717) is 17.2 Å². The Bertz CT molecular complexity index is 536. The molecule has 0 N–H and O–H groups in total. The van der Waals surface area contributed by atoms with Gasteiger partial charge in [0.05, 0.1) is 5.39 Å². The molecule has 0 aliphatic heterocycles. The number of thiophene rings is 1. The van der Waals surface area contributed by atoms with Crippen molar-refractivity contribution in [2.45, 2.75) is 33.7 Å². The maximum atomic E-state index is 6.02. The Morgan fingerprint density at radius 1 is 1.28 bits per heavy atom. The molecule has 3 nitrogen and oxygen atoms in total. The molecule has 0 saturated heterocycles. The van der Waals surface area contributed by atoms with Crippen LogP contribution in [0.25, 0.3) is 10.2 Å². The van der Waals surface area contributed by atoms with Gasteiger partial charge in [-0.2, -0.15) is 4.98 Å². The SMILES string of the molecule is CC(C)CN(c1nc(Cl)nc2sccc12)C(C)C. The third-order valence-corrected chi connectivity index (χ3v) is 3.71. The van der Waals surface area contributed by atoms with Crippen molar-refractivity contribution in [1.29, 1.82) is 0 Å². The lowest BCUT2D eigenvalue weighted by Crippen LogP contribution is -2.35. The van der Waals surface area contributed by atoms with Crippen molar-refractivity contribution in [3.8, 4) is 0 Å². The Morgan fingerprint density at radius 2 is 2.00 bits per heavy atom. The Balaban J connectivity index is 2.52. The van der Waals surface area contributed by atoms with Crippen LogP contribution in [0.3, 0.4) is 0 Å². The van der Waals surface area contributed by atoms with E-state index in [0.717, 1.165) is 22.6 Å². The van der Waals surface area contributed by atoms with Gasteiger partial charge in [-0.05, 0) is 42.8 Å². The lowest BCUT2D eigenvalue weighted by molar-refractivity contribution is 0.567. The number of fused-ring (bicyclic) bond motifs is 1. The van der Waals surface area contributed by atoms with Crippen LogP contribution >= 0.6 is 22.9 Å². The van der Waals surface area contributed by atoms with Crippen molar-refractivity contribution in [2.24, 2.45) is 5.92 Å². The zero-order chi connectivity index (χ0) is 13.3. The molecule has 2 aromatic rings. The second-order valence-corrected chi connectivity index (χ2v) is 6.33. The zero-order valence-electron chi connectivity index (χ0n) is 11.1. The van der Waals surface area contributed by atoms with Crippen LogP contribution in [0.15, 0.2) is 11.4 Å². The molecule has 0 spiro atoms. The highest BCUT2D eigenvalue weighted by molar-refractivity contribution is 7.16.